The first-order chi connectivity index (χ1) is 8.54. The van der Waals surface area contributed by atoms with Crippen molar-refractivity contribution in [2.45, 2.75) is 13.8 Å². The predicted molar refractivity (Wildman–Crippen MR) is 68.3 cm³/mol. The van der Waals surface area contributed by atoms with Gasteiger partial charge in [0.25, 0.3) is 0 Å². The molecule has 0 amide bonds. The van der Waals surface area contributed by atoms with Crippen LogP contribution in [0.2, 0.25) is 0 Å². The number of hydrogen-bond donors (Lipinski definition) is 0. The van der Waals surface area contributed by atoms with Crippen LogP contribution < -0.4 is 4.74 Å². The number of furan rings is 1. The standard InChI is InChI=1S/C13H13NO4/c1-8-9(2)18-13-11(8)5-4-10(12(13)17-3)6-7-14(15)16/h4-7H,1-3H3. The summed E-state index contributed by atoms with van der Waals surface area (Å²) in [5.41, 5.74) is 2.29. The number of hydrogen-bond acceptors (Lipinski definition) is 4. The summed E-state index contributed by atoms with van der Waals surface area (Å²) < 4.78 is 10.9. The molecule has 0 aliphatic rings. The van der Waals surface area contributed by atoms with E-state index in [1.54, 1.807) is 6.07 Å². The zero-order chi connectivity index (χ0) is 13.3. The predicted octanol–water partition coefficient (Wildman–Crippen LogP) is 3.31. The van der Waals surface area contributed by atoms with Crippen molar-refractivity contribution in [3.8, 4) is 5.75 Å². The van der Waals surface area contributed by atoms with E-state index < -0.39 is 4.92 Å². The fourth-order valence-electron chi connectivity index (χ4n) is 1.88. The third kappa shape index (κ3) is 1.95. The van der Waals surface area contributed by atoms with Gasteiger partial charge in [-0.1, -0.05) is 6.07 Å². The van der Waals surface area contributed by atoms with Crippen molar-refractivity contribution in [1.29, 1.82) is 0 Å². The van der Waals surface area contributed by atoms with Gasteiger partial charge in [0.05, 0.1) is 12.0 Å². The highest BCUT2D eigenvalue weighted by Crippen LogP contribution is 2.35. The quantitative estimate of drug-likeness (QED) is 0.616. The van der Waals surface area contributed by atoms with Gasteiger partial charge in [-0.2, -0.15) is 0 Å². The first-order valence-electron chi connectivity index (χ1n) is 5.43. The normalized spacial score (nSPS) is 11.3. The Balaban J connectivity index is 2.66. The van der Waals surface area contributed by atoms with Gasteiger partial charge in [0.15, 0.2) is 11.3 Å². The van der Waals surface area contributed by atoms with E-state index in [2.05, 4.69) is 0 Å². The monoisotopic (exact) mass is 247 g/mol. The average Bonchev–Trinajstić information content (AvgIpc) is 2.62. The van der Waals surface area contributed by atoms with Crippen LogP contribution >= 0.6 is 0 Å². The molecule has 2 aromatic rings. The summed E-state index contributed by atoms with van der Waals surface area (Å²) in [6, 6.07) is 3.66. The van der Waals surface area contributed by atoms with Crippen LogP contribution in [0.3, 0.4) is 0 Å². The van der Waals surface area contributed by atoms with Gasteiger partial charge in [-0.05, 0) is 25.5 Å². The summed E-state index contributed by atoms with van der Waals surface area (Å²) in [6.07, 6.45) is 2.28. The van der Waals surface area contributed by atoms with E-state index in [0.717, 1.165) is 22.9 Å². The molecule has 1 aromatic carbocycles. The van der Waals surface area contributed by atoms with Crippen molar-refractivity contribution in [2.24, 2.45) is 0 Å². The highest BCUT2D eigenvalue weighted by molar-refractivity contribution is 5.90. The van der Waals surface area contributed by atoms with E-state index in [9.17, 15) is 10.1 Å². The van der Waals surface area contributed by atoms with Gasteiger partial charge in [-0.25, -0.2) is 0 Å². The van der Waals surface area contributed by atoms with Gasteiger partial charge in [0.1, 0.15) is 5.76 Å². The van der Waals surface area contributed by atoms with Crippen LogP contribution in [0.4, 0.5) is 0 Å². The smallest absolute Gasteiger partial charge is 0.235 e. The molecule has 2 rings (SSSR count). The second-order valence-electron chi connectivity index (χ2n) is 3.95. The molecule has 1 heterocycles. The fraction of sp³-hybridized carbons (Fsp3) is 0.231. The number of nitrogens with zero attached hydrogens (tertiary/aromatic N) is 1. The molecule has 0 aliphatic carbocycles. The lowest BCUT2D eigenvalue weighted by atomic mass is 10.1. The van der Waals surface area contributed by atoms with Crippen molar-refractivity contribution in [3.63, 3.8) is 0 Å². The van der Waals surface area contributed by atoms with Gasteiger partial charge in [0, 0.05) is 17.0 Å². The molecule has 0 saturated carbocycles. The Hall–Kier alpha value is -2.30. The van der Waals surface area contributed by atoms with E-state index in [1.165, 1.54) is 13.2 Å². The van der Waals surface area contributed by atoms with E-state index >= 15 is 0 Å². The minimum atomic E-state index is -0.512. The van der Waals surface area contributed by atoms with Crippen molar-refractivity contribution >= 4 is 17.0 Å². The molecule has 18 heavy (non-hydrogen) atoms. The Morgan fingerprint density at radius 3 is 2.72 bits per heavy atom. The summed E-state index contributed by atoms with van der Waals surface area (Å²) >= 11 is 0. The Morgan fingerprint density at radius 1 is 1.39 bits per heavy atom. The van der Waals surface area contributed by atoms with Crippen molar-refractivity contribution in [3.05, 3.63) is 45.3 Å². The Morgan fingerprint density at radius 2 is 2.11 bits per heavy atom. The summed E-state index contributed by atoms with van der Waals surface area (Å²) in [5, 5.41) is 11.3. The molecular formula is C13H13NO4. The molecule has 94 valence electrons. The number of fused-ring (bicyclic) bond motifs is 1. The number of benzene rings is 1. The Kier molecular flexibility index (Phi) is 3.06. The molecule has 0 aliphatic heterocycles. The second-order valence-corrected chi connectivity index (χ2v) is 3.95. The van der Waals surface area contributed by atoms with Crippen LogP contribution in [0.5, 0.6) is 5.75 Å². The van der Waals surface area contributed by atoms with Crippen LogP contribution in [0, 0.1) is 24.0 Å². The van der Waals surface area contributed by atoms with Crippen LogP contribution in [-0.2, 0) is 0 Å². The van der Waals surface area contributed by atoms with E-state index in [-0.39, 0.29) is 0 Å². The van der Waals surface area contributed by atoms with Crippen molar-refractivity contribution < 1.29 is 14.1 Å². The molecule has 5 nitrogen and oxygen atoms in total. The Bertz CT molecular complexity index is 640. The van der Waals surface area contributed by atoms with E-state index in [1.807, 2.05) is 19.9 Å². The highest BCUT2D eigenvalue weighted by atomic mass is 16.6. The molecule has 1 aromatic heterocycles. The molecule has 0 bridgehead atoms. The first-order valence-corrected chi connectivity index (χ1v) is 5.43. The fourth-order valence-corrected chi connectivity index (χ4v) is 1.88. The van der Waals surface area contributed by atoms with Crippen LogP contribution in [0.15, 0.2) is 22.7 Å². The maximum atomic E-state index is 10.3. The van der Waals surface area contributed by atoms with Crippen molar-refractivity contribution in [2.75, 3.05) is 7.11 Å². The lowest BCUT2D eigenvalue weighted by Gasteiger charge is -2.04. The Labute approximate surface area is 104 Å². The molecule has 0 fully saturated rings. The van der Waals surface area contributed by atoms with E-state index in [0.29, 0.717) is 16.9 Å². The molecule has 0 spiro atoms. The van der Waals surface area contributed by atoms with Crippen LogP contribution in [0.25, 0.3) is 17.0 Å². The number of nitro groups is 1. The van der Waals surface area contributed by atoms with Gasteiger partial charge in [-0.15, -0.1) is 0 Å². The van der Waals surface area contributed by atoms with Gasteiger partial charge >= 0.3 is 0 Å². The average molecular weight is 247 g/mol. The molecule has 0 saturated heterocycles. The van der Waals surface area contributed by atoms with Gasteiger partial charge in [0.2, 0.25) is 6.20 Å². The maximum absolute atomic E-state index is 10.3. The molecule has 5 heteroatoms. The lowest BCUT2D eigenvalue weighted by molar-refractivity contribution is -0.400. The number of rotatable bonds is 3. The van der Waals surface area contributed by atoms with Gasteiger partial charge < -0.3 is 9.15 Å². The molecule has 0 unspecified atom stereocenters. The number of methoxy groups -OCH3 is 1. The molecule has 0 N–H and O–H groups in total. The summed E-state index contributed by atoms with van der Waals surface area (Å²) in [6.45, 7) is 3.84. The van der Waals surface area contributed by atoms with Crippen LogP contribution in [-0.4, -0.2) is 12.0 Å². The third-order valence-corrected chi connectivity index (χ3v) is 2.91. The largest absolute Gasteiger partial charge is 0.492 e. The highest BCUT2D eigenvalue weighted by Gasteiger charge is 2.14. The molecule has 0 atom stereocenters. The second kappa shape index (κ2) is 4.52. The van der Waals surface area contributed by atoms with Crippen LogP contribution in [0.1, 0.15) is 16.9 Å². The third-order valence-electron chi connectivity index (χ3n) is 2.91. The SMILES string of the molecule is COc1c(C=C[N+](=O)[O-])ccc2c(C)c(C)oc12. The lowest BCUT2D eigenvalue weighted by Crippen LogP contribution is -1.89. The minimum Gasteiger partial charge on any atom is -0.492 e. The summed E-state index contributed by atoms with van der Waals surface area (Å²) in [4.78, 5) is 9.84. The number of aryl methyl sites for hydroxylation is 2. The first kappa shape index (κ1) is 12.2. The molecular weight excluding hydrogens is 234 g/mol. The maximum Gasteiger partial charge on any atom is 0.235 e. The van der Waals surface area contributed by atoms with Crippen molar-refractivity contribution in [1.82, 2.24) is 0 Å². The van der Waals surface area contributed by atoms with Gasteiger partial charge in [-0.3, -0.25) is 10.1 Å². The molecule has 0 radical (unpaired) electrons. The topological polar surface area (TPSA) is 65.5 Å². The number of ether oxygens (including phenoxy) is 1. The summed E-state index contributed by atoms with van der Waals surface area (Å²) in [5.74, 6) is 1.33. The zero-order valence-corrected chi connectivity index (χ0v) is 10.4. The minimum absolute atomic E-state index is 0.512. The summed E-state index contributed by atoms with van der Waals surface area (Å²) in [7, 11) is 1.52. The zero-order valence-electron chi connectivity index (χ0n) is 10.4. The van der Waals surface area contributed by atoms with E-state index in [4.69, 9.17) is 9.15 Å².